The number of methoxy groups -OCH3 is 1. The summed E-state index contributed by atoms with van der Waals surface area (Å²) in [6.45, 7) is 4.21. The topological polar surface area (TPSA) is 88.1 Å². The fraction of sp³-hybridized carbons (Fsp3) is 0.647. The maximum absolute atomic E-state index is 12.6. The van der Waals surface area contributed by atoms with E-state index in [-0.39, 0.29) is 17.7 Å². The van der Waals surface area contributed by atoms with E-state index in [1.54, 1.807) is 11.1 Å². The molecule has 132 valence electrons. The number of allylic oxidation sites excluding steroid dienone is 1. The molecule has 0 aliphatic carbocycles. The number of likely N-dealkylation sites (tertiary alicyclic amines) is 1. The summed E-state index contributed by atoms with van der Waals surface area (Å²) in [6.07, 6.45) is 6.09. The number of aliphatic imine (C=N–C) groups is 1. The van der Waals surface area contributed by atoms with E-state index >= 15 is 0 Å². The maximum atomic E-state index is 12.6. The van der Waals surface area contributed by atoms with Gasteiger partial charge in [-0.25, -0.2) is 4.79 Å². The number of nitrogens with one attached hydrogen (secondary N) is 1. The van der Waals surface area contributed by atoms with E-state index in [0.717, 1.165) is 18.5 Å². The van der Waals surface area contributed by atoms with E-state index in [9.17, 15) is 14.4 Å². The molecule has 0 aromatic carbocycles. The van der Waals surface area contributed by atoms with Crippen LogP contribution < -0.4 is 5.32 Å². The van der Waals surface area contributed by atoms with Crippen LogP contribution in [0.4, 0.5) is 0 Å². The van der Waals surface area contributed by atoms with Gasteiger partial charge in [0, 0.05) is 37.2 Å². The van der Waals surface area contributed by atoms with E-state index in [4.69, 9.17) is 4.74 Å². The third-order valence-electron chi connectivity index (χ3n) is 4.26. The molecule has 0 aromatic rings. The number of nitrogens with zero attached hydrogens (tertiary/aromatic N) is 2. The third kappa shape index (κ3) is 4.21. The Morgan fingerprint density at radius 2 is 2.17 bits per heavy atom. The molecule has 7 heteroatoms. The van der Waals surface area contributed by atoms with Crippen LogP contribution in [-0.2, 0) is 19.1 Å². The van der Waals surface area contributed by atoms with E-state index in [1.165, 1.54) is 7.11 Å². The van der Waals surface area contributed by atoms with Crippen molar-refractivity contribution in [2.45, 2.75) is 51.6 Å². The van der Waals surface area contributed by atoms with Gasteiger partial charge in [0.2, 0.25) is 11.8 Å². The molecular weight excluding hydrogens is 310 g/mol. The number of carbonyl (C=O) groups excluding carboxylic acids is 3. The summed E-state index contributed by atoms with van der Waals surface area (Å²) in [7, 11) is 1.29. The van der Waals surface area contributed by atoms with Crippen molar-refractivity contribution in [2.24, 2.45) is 10.9 Å². The van der Waals surface area contributed by atoms with Crippen LogP contribution >= 0.6 is 0 Å². The molecule has 0 radical (unpaired) electrons. The summed E-state index contributed by atoms with van der Waals surface area (Å²) in [5.41, 5.74) is 0.757. The second-order valence-corrected chi connectivity index (χ2v) is 6.38. The molecule has 1 N–H and O–H groups in total. The van der Waals surface area contributed by atoms with Crippen LogP contribution in [0.25, 0.3) is 0 Å². The smallest absolute Gasteiger partial charge is 0.328 e. The fourth-order valence-electron chi connectivity index (χ4n) is 2.99. The van der Waals surface area contributed by atoms with Gasteiger partial charge in [0.25, 0.3) is 0 Å². The lowest BCUT2D eigenvalue weighted by Gasteiger charge is -2.27. The average Bonchev–Trinajstić information content (AvgIpc) is 3.23. The van der Waals surface area contributed by atoms with Gasteiger partial charge in [0.1, 0.15) is 12.1 Å². The molecule has 2 aliphatic rings. The Morgan fingerprint density at radius 1 is 1.42 bits per heavy atom. The van der Waals surface area contributed by atoms with Gasteiger partial charge in [0.05, 0.1) is 7.11 Å². The average molecular weight is 335 g/mol. The lowest BCUT2D eigenvalue weighted by Crippen LogP contribution is -2.51. The highest BCUT2D eigenvalue weighted by atomic mass is 16.5. The van der Waals surface area contributed by atoms with Crippen LogP contribution in [0.2, 0.25) is 0 Å². The number of hydrogen-bond donors (Lipinski definition) is 1. The summed E-state index contributed by atoms with van der Waals surface area (Å²) in [6, 6.07) is -1.31. The molecule has 0 aromatic heterocycles. The Hall–Kier alpha value is -2.18. The summed E-state index contributed by atoms with van der Waals surface area (Å²) in [4.78, 5) is 42.6. The first kappa shape index (κ1) is 18.2. The third-order valence-corrected chi connectivity index (χ3v) is 4.26. The molecule has 2 rings (SSSR count). The number of esters is 1. The molecule has 24 heavy (non-hydrogen) atoms. The SMILES string of the molecule is COC(=O)[C@H](CC1=CCC=N1)NC(=O)[C@@H]1CCCN1C(=O)C(C)C. The zero-order valence-electron chi connectivity index (χ0n) is 14.4. The Balaban J connectivity index is 2.04. The van der Waals surface area contributed by atoms with Gasteiger partial charge >= 0.3 is 5.97 Å². The molecule has 1 saturated heterocycles. The van der Waals surface area contributed by atoms with Crippen molar-refractivity contribution < 1.29 is 19.1 Å². The van der Waals surface area contributed by atoms with E-state index in [2.05, 4.69) is 10.3 Å². The molecule has 2 amide bonds. The van der Waals surface area contributed by atoms with Crippen molar-refractivity contribution in [3.63, 3.8) is 0 Å². The second-order valence-electron chi connectivity index (χ2n) is 6.38. The fourth-order valence-corrected chi connectivity index (χ4v) is 2.99. The summed E-state index contributed by atoms with van der Waals surface area (Å²) < 4.78 is 4.79. The van der Waals surface area contributed by atoms with Crippen LogP contribution in [0.1, 0.15) is 39.5 Å². The standard InChI is InChI=1S/C17H25N3O4/c1-11(2)16(22)20-9-5-7-14(20)15(21)19-13(17(23)24-3)10-12-6-4-8-18-12/h6,8,11,13-14H,4-5,7,9-10H2,1-3H3,(H,19,21)/t13-,14-/m0/s1. The van der Waals surface area contributed by atoms with Gasteiger partial charge < -0.3 is 15.0 Å². The summed E-state index contributed by atoms with van der Waals surface area (Å²) in [5.74, 6) is -1.01. The minimum absolute atomic E-state index is 0.0367. The number of rotatable bonds is 6. The van der Waals surface area contributed by atoms with Crippen molar-refractivity contribution in [3.8, 4) is 0 Å². The van der Waals surface area contributed by atoms with E-state index < -0.39 is 18.1 Å². The Kier molecular flexibility index (Phi) is 6.11. The lowest BCUT2D eigenvalue weighted by atomic mass is 10.1. The van der Waals surface area contributed by atoms with E-state index in [1.807, 2.05) is 19.9 Å². The van der Waals surface area contributed by atoms with Crippen LogP contribution in [0.5, 0.6) is 0 Å². The largest absolute Gasteiger partial charge is 0.467 e. The van der Waals surface area contributed by atoms with Gasteiger partial charge in [-0.3, -0.25) is 14.6 Å². The zero-order chi connectivity index (χ0) is 17.7. The maximum Gasteiger partial charge on any atom is 0.328 e. The van der Waals surface area contributed by atoms with Crippen LogP contribution in [-0.4, -0.2) is 54.6 Å². The molecule has 1 fully saturated rings. The molecule has 2 atom stereocenters. The lowest BCUT2D eigenvalue weighted by molar-refractivity contribution is -0.146. The van der Waals surface area contributed by atoms with Gasteiger partial charge in [-0.2, -0.15) is 0 Å². The summed E-state index contributed by atoms with van der Waals surface area (Å²) in [5, 5.41) is 2.74. The minimum Gasteiger partial charge on any atom is -0.467 e. The first-order chi connectivity index (χ1) is 11.4. The molecule has 2 heterocycles. The molecule has 0 spiro atoms. The second kappa shape index (κ2) is 8.08. The molecule has 0 unspecified atom stereocenters. The van der Waals surface area contributed by atoms with Gasteiger partial charge in [-0.15, -0.1) is 0 Å². The van der Waals surface area contributed by atoms with Crippen LogP contribution in [0, 0.1) is 5.92 Å². The Labute approximate surface area is 142 Å². The quantitative estimate of drug-likeness (QED) is 0.735. The molecule has 7 nitrogen and oxygen atoms in total. The van der Waals surface area contributed by atoms with Crippen LogP contribution in [0.15, 0.2) is 16.8 Å². The van der Waals surface area contributed by atoms with Crippen molar-refractivity contribution in [3.05, 3.63) is 11.8 Å². The Morgan fingerprint density at radius 3 is 2.75 bits per heavy atom. The van der Waals surface area contributed by atoms with Gasteiger partial charge in [0.15, 0.2) is 0 Å². The van der Waals surface area contributed by atoms with Crippen molar-refractivity contribution in [1.29, 1.82) is 0 Å². The highest BCUT2D eigenvalue weighted by Crippen LogP contribution is 2.21. The molecular formula is C17H25N3O4. The highest BCUT2D eigenvalue weighted by Gasteiger charge is 2.36. The number of ether oxygens (including phenoxy) is 1. The first-order valence-corrected chi connectivity index (χ1v) is 8.34. The van der Waals surface area contributed by atoms with Crippen molar-refractivity contribution in [1.82, 2.24) is 10.2 Å². The molecule has 0 bridgehead atoms. The number of amides is 2. The number of hydrogen-bond acceptors (Lipinski definition) is 5. The first-order valence-electron chi connectivity index (χ1n) is 8.34. The van der Waals surface area contributed by atoms with Gasteiger partial charge in [-0.1, -0.05) is 19.9 Å². The van der Waals surface area contributed by atoms with Crippen LogP contribution in [0.3, 0.4) is 0 Å². The summed E-state index contributed by atoms with van der Waals surface area (Å²) >= 11 is 0. The predicted octanol–water partition coefficient (Wildman–Crippen LogP) is 1.04. The van der Waals surface area contributed by atoms with E-state index in [0.29, 0.717) is 19.4 Å². The highest BCUT2D eigenvalue weighted by molar-refractivity contribution is 5.91. The number of carbonyl (C=O) groups is 3. The Bertz CT molecular complexity index is 568. The van der Waals surface area contributed by atoms with Crippen molar-refractivity contribution >= 4 is 24.0 Å². The minimum atomic E-state index is -0.791. The molecule has 0 saturated carbocycles. The van der Waals surface area contributed by atoms with Crippen molar-refractivity contribution in [2.75, 3.05) is 13.7 Å². The van der Waals surface area contributed by atoms with Gasteiger partial charge in [-0.05, 0) is 12.8 Å². The monoisotopic (exact) mass is 335 g/mol. The normalized spacial score (nSPS) is 20.9. The zero-order valence-corrected chi connectivity index (χ0v) is 14.4. The predicted molar refractivity (Wildman–Crippen MR) is 89.3 cm³/mol. The molecule has 2 aliphatic heterocycles.